The van der Waals surface area contributed by atoms with Crippen LogP contribution in [0.4, 0.5) is 11.4 Å². The van der Waals surface area contributed by atoms with Crippen molar-refractivity contribution < 1.29 is 38.2 Å². The Kier molecular flexibility index (Phi) is 10.5. The van der Waals surface area contributed by atoms with E-state index in [2.05, 4.69) is 42.5 Å². The Bertz CT molecular complexity index is 1850. The Labute approximate surface area is 266 Å². The van der Waals surface area contributed by atoms with Crippen molar-refractivity contribution in [3.05, 3.63) is 79.5 Å². The summed E-state index contributed by atoms with van der Waals surface area (Å²) < 4.78 is 12.4. The van der Waals surface area contributed by atoms with Gasteiger partial charge in [-0.3, -0.25) is 19.2 Å². The summed E-state index contributed by atoms with van der Waals surface area (Å²) in [5.74, 6) is -3.21. The fourth-order valence-electron chi connectivity index (χ4n) is 3.83. The Hall–Kier alpha value is -5.18. The van der Waals surface area contributed by atoms with Crippen LogP contribution in [0.25, 0.3) is 21.9 Å². The van der Waals surface area contributed by atoms with E-state index in [0.717, 1.165) is 8.95 Å². The number of Topliss-reactive ketones (excluding diaryl/α,β-unsaturated/α-hetero) is 2. The van der Waals surface area contributed by atoms with Gasteiger partial charge < -0.3 is 29.7 Å². The molecule has 2 aromatic heterocycles. The van der Waals surface area contributed by atoms with E-state index in [9.17, 15) is 29.4 Å². The normalized spacial score (nSPS) is 11.7. The number of hydrogen-bond acceptors (Lipinski definition) is 10. The molecule has 44 heavy (non-hydrogen) atoms. The number of nitrogens with zero attached hydrogens (tertiary/aromatic N) is 2. The Balaban J connectivity index is 0.000000240. The highest BCUT2D eigenvalue weighted by Crippen LogP contribution is 2.35. The predicted octanol–water partition coefficient (Wildman–Crippen LogP) is 7.38. The number of carbonyl (C=O) groups is 4. The van der Waals surface area contributed by atoms with E-state index >= 15 is 0 Å². The molecule has 0 saturated heterocycles. The van der Waals surface area contributed by atoms with E-state index < -0.39 is 34.5 Å². The molecule has 0 bridgehead atoms. The van der Waals surface area contributed by atoms with Gasteiger partial charge in [0.15, 0.2) is 34.2 Å². The van der Waals surface area contributed by atoms with Crippen LogP contribution in [0.3, 0.4) is 0 Å². The third-order valence-electron chi connectivity index (χ3n) is 5.82. The maximum Gasteiger partial charge on any atom is 0.269 e. The molecule has 224 valence electrons. The molecule has 14 heteroatoms. The summed E-state index contributed by atoms with van der Waals surface area (Å²) in [6.45, 7) is 5.07. The number of nitrogens with one attached hydrogen (secondary N) is 2. The molecule has 0 fully saturated rings. The predicted molar refractivity (Wildman–Crippen MR) is 167 cm³/mol. The van der Waals surface area contributed by atoms with Gasteiger partial charge in [-0.25, -0.2) is 0 Å². The molecule has 0 unspecified atom stereocenters. The van der Waals surface area contributed by atoms with E-state index in [1.807, 2.05) is 0 Å². The molecule has 0 atom stereocenters. The first-order chi connectivity index (χ1) is 20.7. The molecule has 4 aromatic rings. The highest BCUT2D eigenvalue weighted by atomic mass is 79.9. The number of allylic oxidation sites excluding steroid dienone is 2. The number of aliphatic hydroxyl groups excluding tert-OH is 2. The molecule has 0 spiro atoms. The lowest BCUT2D eigenvalue weighted by Gasteiger charge is -2.04. The molecule has 4 N–H and O–H groups in total. The number of ketones is 2. The smallest absolute Gasteiger partial charge is 0.269 e. The van der Waals surface area contributed by atoms with Crippen molar-refractivity contribution in [1.29, 1.82) is 10.5 Å². The quantitative estimate of drug-likeness (QED) is 0.0671. The highest BCUT2D eigenvalue weighted by Gasteiger charge is 2.24. The van der Waals surface area contributed by atoms with Crippen LogP contribution in [0.1, 0.15) is 48.8 Å². The van der Waals surface area contributed by atoms with Gasteiger partial charge in [-0.1, -0.05) is 31.9 Å². The van der Waals surface area contributed by atoms with Crippen LogP contribution in [0.2, 0.25) is 0 Å². The first-order valence-electron chi connectivity index (χ1n) is 12.4. The van der Waals surface area contributed by atoms with Crippen LogP contribution in [0.5, 0.6) is 0 Å². The average molecular weight is 726 g/mol. The second kappa shape index (κ2) is 13.9. The fourth-order valence-corrected chi connectivity index (χ4v) is 4.55. The minimum Gasteiger partial charge on any atom is -0.511 e. The van der Waals surface area contributed by atoms with Crippen LogP contribution in [-0.2, 0) is 9.59 Å². The standard InChI is InChI=1S/2C15H11BrN2O4/c2*1-7(19)11(6-17)15(21)18-13-10-5-9(16)3-4-12(10)22-14(13)8(2)20/h2*3-5,19H,1-2H3,(H,18,21)/b2*11-7-. The van der Waals surface area contributed by atoms with Gasteiger partial charge in [-0.15, -0.1) is 0 Å². The van der Waals surface area contributed by atoms with E-state index in [0.29, 0.717) is 21.9 Å². The number of rotatable bonds is 6. The van der Waals surface area contributed by atoms with Crippen molar-refractivity contribution in [2.24, 2.45) is 0 Å². The lowest BCUT2D eigenvalue weighted by molar-refractivity contribution is -0.113. The molecule has 2 aromatic carbocycles. The van der Waals surface area contributed by atoms with Crippen LogP contribution in [0.15, 0.2) is 76.8 Å². The zero-order valence-corrected chi connectivity index (χ0v) is 26.6. The van der Waals surface area contributed by atoms with Crippen LogP contribution in [0, 0.1) is 22.7 Å². The second-order valence-corrected chi connectivity index (χ2v) is 10.9. The molecular formula is C30H22Br2N4O8. The molecule has 0 saturated carbocycles. The van der Waals surface area contributed by atoms with E-state index in [4.69, 9.17) is 19.4 Å². The van der Waals surface area contributed by atoms with Gasteiger partial charge in [0.25, 0.3) is 11.8 Å². The number of amides is 2. The van der Waals surface area contributed by atoms with Gasteiger partial charge >= 0.3 is 0 Å². The van der Waals surface area contributed by atoms with Gasteiger partial charge in [-0.2, -0.15) is 10.5 Å². The number of furan rings is 2. The number of nitriles is 2. The monoisotopic (exact) mass is 724 g/mol. The number of halogens is 2. The minimum atomic E-state index is -0.812. The largest absolute Gasteiger partial charge is 0.511 e. The zero-order valence-electron chi connectivity index (χ0n) is 23.5. The average Bonchev–Trinajstić information content (AvgIpc) is 3.47. The number of aliphatic hydroxyl groups is 2. The first-order valence-corrected chi connectivity index (χ1v) is 14.0. The van der Waals surface area contributed by atoms with Crippen molar-refractivity contribution in [1.82, 2.24) is 0 Å². The van der Waals surface area contributed by atoms with Crippen LogP contribution < -0.4 is 10.6 Å². The molecule has 0 aliphatic rings. The van der Waals surface area contributed by atoms with Crippen LogP contribution >= 0.6 is 31.9 Å². The van der Waals surface area contributed by atoms with E-state index in [1.54, 1.807) is 48.5 Å². The van der Waals surface area contributed by atoms with Gasteiger partial charge in [0, 0.05) is 33.6 Å². The van der Waals surface area contributed by atoms with Crippen LogP contribution in [-0.4, -0.2) is 33.6 Å². The maximum absolute atomic E-state index is 12.1. The zero-order chi connectivity index (χ0) is 32.9. The molecule has 4 rings (SSSR count). The van der Waals surface area contributed by atoms with Crippen molar-refractivity contribution >= 4 is 88.6 Å². The summed E-state index contributed by atoms with van der Waals surface area (Å²) >= 11 is 6.61. The van der Waals surface area contributed by atoms with Gasteiger partial charge in [0.2, 0.25) is 0 Å². The lowest BCUT2D eigenvalue weighted by Crippen LogP contribution is -2.16. The third-order valence-corrected chi connectivity index (χ3v) is 6.80. The van der Waals surface area contributed by atoms with Crippen molar-refractivity contribution in [2.75, 3.05) is 10.6 Å². The summed E-state index contributed by atoms with van der Waals surface area (Å²) in [5, 5.41) is 42.4. The number of anilines is 2. The Morgan fingerprint density at radius 2 is 1.02 bits per heavy atom. The van der Waals surface area contributed by atoms with Gasteiger partial charge in [0.1, 0.15) is 34.8 Å². The number of fused-ring (bicyclic) bond motifs is 2. The summed E-state index contributed by atoms with van der Waals surface area (Å²) in [6.07, 6.45) is 0. The number of carbonyl (C=O) groups excluding carboxylic acids is 4. The SMILES string of the molecule is CC(=O)c1oc2ccc(Br)cc2c1NC(=O)/C(C#N)=C(/C)O.CC(=O)c1oc2ccc(Br)cc2c1NC(=O)/C(C#N)=C(/C)O. The molecule has 0 aliphatic carbocycles. The minimum absolute atomic E-state index is 0.0191. The van der Waals surface area contributed by atoms with Gasteiger partial charge in [-0.05, 0) is 50.2 Å². The van der Waals surface area contributed by atoms with Gasteiger partial charge in [0.05, 0.1) is 11.4 Å². The topological polar surface area (TPSA) is 207 Å². The summed E-state index contributed by atoms with van der Waals surface area (Å²) in [7, 11) is 0. The third kappa shape index (κ3) is 7.23. The van der Waals surface area contributed by atoms with Crippen molar-refractivity contribution in [3.63, 3.8) is 0 Å². The summed E-state index contributed by atoms with van der Waals surface area (Å²) in [4.78, 5) is 47.5. The summed E-state index contributed by atoms with van der Waals surface area (Å²) in [5.41, 5.74) is 0.321. The molecular weight excluding hydrogens is 704 g/mol. The van der Waals surface area contributed by atoms with E-state index in [-0.39, 0.29) is 34.5 Å². The number of hydrogen-bond donors (Lipinski definition) is 4. The molecule has 12 nitrogen and oxygen atoms in total. The number of benzene rings is 2. The fraction of sp³-hybridized carbons (Fsp3) is 0.133. The Morgan fingerprint density at radius 3 is 1.30 bits per heavy atom. The molecule has 0 radical (unpaired) electrons. The molecule has 2 amide bonds. The summed E-state index contributed by atoms with van der Waals surface area (Å²) in [6, 6.07) is 13.4. The maximum atomic E-state index is 12.1. The van der Waals surface area contributed by atoms with E-state index in [1.165, 1.54) is 27.7 Å². The molecule has 0 aliphatic heterocycles. The highest BCUT2D eigenvalue weighted by molar-refractivity contribution is 9.10. The lowest BCUT2D eigenvalue weighted by atomic mass is 10.1. The molecule has 2 heterocycles. The van der Waals surface area contributed by atoms with Crippen molar-refractivity contribution in [3.8, 4) is 12.1 Å². The Morgan fingerprint density at radius 1 is 0.682 bits per heavy atom. The van der Waals surface area contributed by atoms with Crippen molar-refractivity contribution in [2.45, 2.75) is 27.7 Å². The first kappa shape index (κ1) is 33.3. The second-order valence-electron chi connectivity index (χ2n) is 9.06.